The van der Waals surface area contributed by atoms with Crippen LogP contribution >= 0.6 is 0 Å². The van der Waals surface area contributed by atoms with Gasteiger partial charge in [0.1, 0.15) is 12.4 Å². The molecule has 1 saturated heterocycles. The summed E-state index contributed by atoms with van der Waals surface area (Å²) in [6.07, 6.45) is -0.446. The molecule has 0 saturated carbocycles. The van der Waals surface area contributed by atoms with Crippen LogP contribution in [0, 0.1) is 12.7 Å². The van der Waals surface area contributed by atoms with E-state index in [2.05, 4.69) is 5.32 Å². The van der Waals surface area contributed by atoms with Crippen molar-refractivity contribution < 1.29 is 13.9 Å². The van der Waals surface area contributed by atoms with Crippen LogP contribution in [-0.4, -0.2) is 12.7 Å². The Morgan fingerprint density at radius 3 is 3.00 bits per heavy atom. The summed E-state index contributed by atoms with van der Waals surface area (Å²) < 4.78 is 17.9. The highest BCUT2D eigenvalue weighted by Crippen LogP contribution is 2.22. The van der Waals surface area contributed by atoms with Crippen molar-refractivity contribution in [2.45, 2.75) is 13.0 Å². The minimum Gasteiger partial charge on any atom is -0.447 e. The van der Waals surface area contributed by atoms with Gasteiger partial charge < -0.3 is 10.1 Å². The summed E-state index contributed by atoms with van der Waals surface area (Å²) in [6, 6.07) is 4.59. The third-order valence-corrected chi connectivity index (χ3v) is 2.36. The van der Waals surface area contributed by atoms with Crippen molar-refractivity contribution in [2.24, 2.45) is 0 Å². The van der Waals surface area contributed by atoms with Gasteiger partial charge in [-0.1, -0.05) is 12.1 Å². The molecule has 1 atom stereocenters. The SMILES string of the molecule is Cc1c(F)cccc1C1COC(=O)N1. The van der Waals surface area contributed by atoms with Gasteiger partial charge in [0.2, 0.25) is 0 Å². The quantitative estimate of drug-likeness (QED) is 0.743. The van der Waals surface area contributed by atoms with Gasteiger partial charge in [-0.3, -0.25) is 0 Å². The van der Waals surface area contributed by atoms with Crippen LogP contribution in [0.5, 0.6) is 0 Å². The van der Waals surface area contributed by atoms with Crippen LogP contribution in [0.4, 0.5) is 9.18 Å². The van der Waals surface area contributed by atoms with Crippen LogP contribution in [0.25, 0.3) is 0 Å². The Labute approximate surface area is 80.9 Å². The van der Waals surface area contributed by atoms with Gasteiger partial charge in [-0.25, -0.2) is 9.18 Å². The average molecular weight is 195 g/mol. The number of carbonyl (C=O) groups is 1. The summed E-state index contributed by atoms with van der Waals surface area (Å²) in [7, 11) is 0. The summed E-state index contributed by atoms with van der Waals surface area (Å²) in [4.78, 5) is 10.8. The summed E-state index contributed by atoms with van der Waals surface area (Å²) in [6.45, 7) is 1.96. The van der Waals surface area contributed by atoms with E-state index < -0.39 is 6.09 Å². The number of rotatable bonds is 1. The summed E-state index contributed by atoms with van der Waals surface area (Å²) >= 11 is 0. The fourth-order valence-electron chi connectivity index (χ4n) is 1.55. The third-order valence-electron chi connectivity index (χ3n) is 2.36. The number of halogens is 1. The molecule has 1 aliphatic heterocycles. The Morgan fingerprint density at radius 1 is 1.57 bits per heavy atom. The summed E-state index contributed by atoms with van der Waals surface area (Å²) in [5.74, 6) is -0.261. The van der Waals surface area contributed by atoms with Crippen molar-refractivity contribution in [1.82, 2.24) is 5.32 Å². The fourth-order valence-corrected chi connectivity index (χ4v) is 1.55. The van der Waals surface area contributed by atoms with Crippen molar-refractivity contribution in [3.05, 3.63) is 35.1 Å². The van der Waals surface area contributed by atoms with Gasteiger partial charge >= 0.3 is 6.09 Å². The molecule has 14 heavy (non-hydrogen) atoms. The molecule has 74 valence electrons. The lowest BCUT2D eigenvalue weighted by atomic mass is 10.0. The van der Waals surface area contributed by atoms with E-state index in [9.17, 15) is 9.18 Å². The smallest absolute Gasteiger partial charge is 0.407 e. The van der Waals surface area contributed by atoms with Crippen LogP contribution in [0.1, 0.15) is 17.2 Å². The van der Waals surface area contributed by atoms with Crippen LogP contribution < -0.4 is 5.32 Å². The summed E-state index contributed by atoms with van der Waals surface area (Å²) in [5, 5.41) is 2.61. The molecule has 1 amide bonds. The molecule has 2 rings (SSSR count). The molecule has 1 aliphatic rings. The minimum atomic E-state index is -0.446. The molecule has 0 spiro atoms. The predicted molar refractivity (Wildman–Crippen MR) is 48.4 cm³/mol. The Morgan fingerprint density at radius 2 is 2.36 bits per heavy atom. The van der Waals surface area contributed by atoms with Crippen LogP contribution in [-0.2, 0) is 4.74 Å². The molecule has 1 unspecified atom stereocenters. The first-order chi connectivity index (χ1) is 6.68. The first-order valence-electron chi connectivity index (χ1n) is 4.37. The highest BCUT2D eigenvalue weighted by atomic mass is 19.1. The van der Waals surface area contributed by atoms with E-state index in [1.165, 1.54) is 6.07 Å². The Hall–Kier alpha value is -1.58. The molecule has 1 heterocycles. The normalized spacial score (nSPS) is 20.4. The van der Waals surface area contributed by atoms with E-state index in [1.54, 1.807) is 19.1 Å². The molecule has 3 nitrogen and oxygen atoms in total. The number of hydrogen-bond donors (Lipinski definition) is 1. The van der Waals surface area contributed by atoms with Gasteiger partial charge in [-0.15, -0.1) is 0 Å². The first-order valence-corrected chi connectivity index (χ1v) is 4.37. The monoisotopic (exact) mass is 195 g/mol. The van der Waals surface area contributed by atoms with Crippen LogP contribution in [0.2, 0.25) is 0 Å². The highest BCUT2D eigenvalue weighted by Gasteiger charge is 2.25. The minimum absolute atomic E-state index is 0.224. The zero-order valence-corrected chi connectivity index (χ0v) is 7.71. The van der Waals surface area contributed by atoms with Gasteiger partial charge in [0.05, 0.1) is 6.04 Å². The fraction of sp³-hybridized carbons (Fsp3) is 0.300. The second-order valence-corrected chi connectivity index (χ2v) is 3.25. The zero-order chi connectivity index (χ0) is 10.1. The largest absolute Gasteiger partial charge is 0.447 e. The topological polar surface area (TPSA) is 38.3 Å². The summed E-state index contributed by atoms with van der Waals surface area (Å²) in [5.41, 5.74) is 1.33. The molecule has 0 aromatic heterocycles. The number of nitrogens with one attached hydrogen (secondary N) is 1. The average Bonchev–Trinajstić information content (AvgIpc) is 2.57. The van der Waals surface area contributed by atoms with E-state index in [0.717, 1.165) is 5.56 Å². The number of cyclic esters (lactones) is 1. The second-order valence-electron chi connectivity index (χ2n) is 3.25. The van der Waals surface area contributed by atoms with E-state index in [1.807, 2.05) is 0 Å². The Bertz CT molecular complexity index is 378. The van der Waals surface area contributed by atoms with Crippen molar-refractivity contribution in [3.63, 3.8) is 0 Å². The maximum Gasteiger partial charge on any atom is 0.407 e. The molecule has 0 bridgehead atoms. The number of alkyl carbamates (subject to hydrolysis) is 1. The number of hydrogen-bond acceptors (Lipinski definition) is 2. The molecule has 1 fully saturated rings. The van der Waals surface area contributed by atoms with Crippen molar-refractivity contribution in [3.8, 4) is 0 Å². The number of benzene rings is 1. The molecule has 1 N–H and O–H groups in total. The van der Waals surface area contributed by atoms with Crippen LogP contribution in [0.3, 0.4) is 0 Å². The standard InChI is InChI=1S/C10H10FNO2/c1-6-7(3-2-4-8(6)11)9-5-14-10(13)12-9/h2-4,9H,5H2,1H3,(H,12,13). The predicted octanol–water partition coefficient (Wildman–Crippen LogP) is 1.92. The van der Waals surface area contributed by atoms with E-state index >= 15 is 0 Å². The van der Waals surface area contributed by atoms with Gasteiger partial charge in [0.25, 0.3) is 0 Å². The Kier molecular flexibility index (Phi) is 2.11. The number of carbonyl (C=O) groups excluding carboxylic acids is 1. The molecular weight excluding hydrogens is 185 g/mol. The van der Waals surface area contributed by atoms with Crippen molar-refractivity contribution in [1.29, 1.82) is 0 Å². The lowest BCUT2D eigenvalue weighted by Crippen LogP contribution is -2.19. The molecule has 1 aromatic rings. The maximum atomic E-state index is 13.2. The zero-order valence-electron chi connectivity index (χ0n) is 7.71. The first kappa shape index (κ1) is 8.99. The van der Waals surface area contributed by atoms with Gasteiger partial charge in [-0.05, 0) is 24.1 Å². The number of amides is 1. The van der Waals surface area contributed by atoms with E-state index in [4.69, 9.17) is 4.74 Å². The van der Waals surface area contributed by atoms with Gasteiger partial charge in [0, 0.05) is 0 Å². The van der Waals surface area contributed by atoms with Crippen molar-refractivity contribution >= 4 is 6.09 Å². The maximum absolute atomic E-state index is 13.2. The molecular formula is C10H10FNO2. The van der Waals surface area contributed by atoms with Crippen LogP contribution in [0.15, 0.2) is 18.2 Å². The molecule has 4 heteroatoms. The third kappa shape index (κ3) is 1.43. The van der Waals surface area contributed by atoms with Gasteiger partial charge in [0.15, 0.2) is 0 Å². The van der Waals surface area contributed by atoms with E-state index in [0.29, 0.717) is 5.56 Å². The van der Waals surface area contributed by atoms with Gasteiger partial charge in [-0.2, -0.15) is 0 Å². The molecule has 0 radical (unpaired) electrons. The number of ether oxygens (including phenoxy) is 1. The second kappa shape index (κ2) is 3.29. The lowest BCUT2D eigenvalue weighted by Gasteiger charge is -2.11. The van der Waals surface area contributed by atoms with Crippen molar-refractivity contribution in [2.75, 3.05) is 6.61 Å². The Balaban J connectivity index is 2.32. The lowest BCUT2D eigenvalue weighted by molar-refractivity contribution is 0.177. The molecule has 1 aromatic carbocycles. The van der Waals surface area contributed by atoms with E-state index in [-0.39, 0.29) is 18.5 Å². The highest BCUT2D eigenvalue weighted by molar-refractivity contribution is 5.70. The molecule has 0 aliphatic carbocycles.